The number of carboxylic acid groups (broad SMARTS) is 1. The predicted octanol–water partition coefficient (Wildman–Crippen LogP) is 3.28. The SMILES string of the molecule is C=CC(=C)c1c(C(=O)O)ccn1-c1ccc([N+](=O)[O-])cc1. The van der Waals surface area contributed by atoms with E-state index >= 15 is 0 Å². The number of allylic oxidation sites excluding steroid dienone is 2. The number of nitrogens with zero attached hydrogens (tertiary/aromatic N) is 2. The highest BCUT2D eigenvalue weighted by atomic mass is 16.6. The van der Waals surface area contributed by atoms with Gasteiger partial charge < -0.3 is 9.67 Å². The number of benzene rings is 1. The standard InChI is InChI=1S/C15H12N2O4/c1-3-10(2)14-13(15(18)19)8-9-16(14)11-4-6-12(7-5-11)17(20)21/h3-9H,1-2H2,(H,18,19). The van der Waals surface area contributed by atoms with Gasteiger partial charge in [-0.2, -0.15) is 0 Å². The molecule has 0 aliphatic heterocycles. The fourth-order valence-corrected chi connectivity index (χ4v) is 1.98. The molecule has 0 saturated heterocycles. The second-order valence-corrected chi connectivity index (χ2v) is 4.26. The molecule has 1 N–H and O–H groups in total. The van der Waals surface area contributed by atoms with Crippen molar-refractivity contribution in [3.63, 3.8) is 0 Å². The van der Waals surface area contributed by atoms with Crippen LogP contribution in [0.4, 0.5) is 5.69 Å². The number of carboxylic acids is 1. The first kappa shape index (κ1) is 14.3. The highest BCUT2D eigenvalue weighted by Gasteiger charge is 2.17. The maximum absolute atomic E-state index is 11.3. The highest BCUT2D eigenvalue weighted by Crippen LogP contribution is 2.25. The van der Waals surface area contributed by atoms with E-state index in [2.05, 4.69) is 13.2 Å². The minimum absolute atomic E-state index is 0.0338. The number of non-ortho nitro benzene ring substituents is 1. The van der Waals surface area contributed by atoms with E-state index in [9.17, 15) is 20.0 Å². The second-order valence-electron chi connectivity index (χ2n) is 4.26. The van der Waals surface area contributed by atoms with Crippen molar-refractivity contribution in [1.82, 2.24) is 4.57 Å². The van der Waals surface area contributed by atoms with Crippen LogP contribution in [0.25, 0.3) is 11.3 Å². The van der Waals surface area contributed by atoms with Crippen LogP contribution in [-0.4, -0.2) is 20.6 Å². The van der Waals surface area contributed by atoms with Crippen LogP contribution in [0.15, 0.2) is 55.8 Å². The van der Waals surface area contributed by atoms with Crippen molar-refractivity contribution >= 4 is 17.2 Å². The quantitative estimate of drug-likeness (QED) is 0.518. The lowest BCUT2D eigenvalue weighted by Gasteiger charge is -2.10. The molecular weight excluding hydrogens is 272 g/mol. The molecule has 0 atom stereocenters. The molecular formula is C15H12N2O4. The van der Waals surface area contributed by atoms with Crippen LogP contribution in [0, 0.1) is 10.1 Å². The van der Waals surface area contributed by atoms with E-state index in [1.165, 1.54) is 24.3 Å². The number of carbonyl (C=O) groups is 1. The Morgan fingerprint density at radius 1 is 1.29 bits per heavy atom. The number of hydrogen-bond acceptors (Lipinski definition) is 3. The van der Waals surface area contributed by atoms with Crippen molar-refractivity contribution in [2.24, 2.45) is 0 Å². The normalized spacial score (nSPS) is 10.1. The van der Waals surface area contributed by atoms with Crippen molar-refractivity contribution in [3.05, 3.63) is 77.1 Å². The summed E-state index contributed by atoms with van der Waals surface area (Å²) in [5.41, 5.74) is 1.51. The maximum atomic E-state index is 11.3. The Kier molecular flexibility index (Phi) is 3.71. The smallest absolute Gasteiger partial charge is 0.337 e. The summed E-state index contributed by atoms with van der Waals surface area (Å²) in [7, 11) is 0. The van der Waals surface area contributed by atoms with E-state index in [1.807, 2.05) is 0 Å². The average molecular weight is 284 g/mol. The minimum Gasteiger partial charge on any atom is -0.478 e. The number of aromatic nitrogens is 1. The van der Waals surface area contributed by atoms with Gasteiger partial charge in [0, 0.05) is 24.0 Å². The molecule has 0 aliphatic carbocycles. The van der Waals surface area contributed by atoms with Crippen LogP contribution in [0.1, 0.15) is 16.1 Å². The van der Waals surface area contributed by atoms with E-state index in [0.29, 0.717) is 17.0 Å². The van der Waals surface area contributed by atoms with Gasteiger partial charge >= 0.3 is 5.97 Å². The number of hydrogen-bond donors (Lipinski definition) is 1. The zero-order chi connectivity index (χ0) is 15.6. The lowest BCUT2D eigenvalue weighted by atomic mass is 10.1. The Morgan fingerprint density at radius 2 is 1.90 bits per heavy atom. The summed E-state index contributed by atoms with van der Waals surface area (Å²) in [6.45, 7) is 7.37. The molecule has 0 radical (unpaired) electrons. The van der Waals surface area contributed by atoms with Crippen molar-refractivity contribution in [3.8, 4) is 5.69 Å². The van der Waals surface area contributed by atoms with Crippen LogP contribution in [0.5, 0.6) is 0 Å². The van der Waals surface area contributed by atoms with E-state index in [4.69, 9.17) is 0 Å². The molecule has 21 heavy (non-hydrogen) atoms. The Labute approximate surface area is 120 Å². The van der Waals surface area contributed by atoms with Gasteiger partial charge in [0.25, 0.3) is 5.69 Å². The molecule has 1 heterocycles. The molecule has 6 nitrogen and oxygen atoms in total. The average Bonchev–Trinajstić information content (AvgIpc) is 2.91. The summed E-state index contributed by atoms with van der Waals surface area (Å²) in [4.78, 5) is 21.4. The fourth-order valence-electron chi connectivity index (χ4n) is 1.98. The topological polar surface area (TPSA) is 85.4 Å². The third kappa shape index (κ3) is 2.59. The molecule has 1 aromatic heterocycles. The first-order valence-corrected chi connectivity index (χ1v) is 5.97. The van der Waals surface area contributed by atoms with Gasteiger partial charge in [0.05, 0.1) is 16.2 Å². The van der Waals surface area contributed by atoms with Gasteiger partial charge in [0.15, 0.2) is 0 Å². The summed E-state index contributed by atoms with van der Waals surface area (Å²) in [6.07, 6.45) is 3.04. The lowest BCUT2D eigenvalue weighted by molar-refractivity contribution is -0.384. The molecule has 106 valence electrons. The van der Waals surface area contributed by atoms with Gasteiger partial charge in [-0.3, -0.25) is 10.1 Å². The Hall–Kier alpha value is -3.15. The van der Waals surface area contributed by atoms with E-state index < -0.39 is 10.9 Å². The van der Waals surface area contributed by atoms with Gasteiger partial charge in [-0.15, -0.1) is 0 Å². The number of nitro benzene ring substituents is 1. The molecule has 1 aromatic carbocycles. The van der Waals surface area contributed by atoms with Crippen LogP contribution < -0.4 is 0 Å². The zero-order valence-corrected chi connectivity index (χ0v) is 11.0. The molecule has 0 saturated carbocycles. The van der Waals surface area contributed by atoms with E-state index in [1.54, 1.807) is 22.9 Å². The second kappa shape index (κ2) is 5.46. The summed E-state index contributed by atoms with van der Waals surface area (Å²) >= 11 is 0. The molecule has 0 spiro atoms. The van der Waals surface area contributed by atoms with Crippen molar-refractivity contribution in [2.45, 2.75) is 0 Å². The minimum atomic E-state index is -1.08. The highest BCUT2D eigenvalue weighted by molar-refractivity contribution is 5.95. The molecule has 2 aromatic rings. The third-order valence-corrected chi connectivity index (χ3v) is 3.01. The molecule has 0 amide bonds. The zero-order valence-electron chi connectivity index (χ0n) is 11.0. The fraction of sp³-hybridized carbons (Fsp3) is 0. The summed E-state index contributed by atoms with van der Waals surface area (Å²) < 4.78 is 1.61. The van der Waals surface area contributed by atoms with Gasteiger partial charge in [-0.25, -0.2) is 4.79 Å². The van der Waals surface area contributed by atoms with Crippen molar-refractivity contribution < 1.29 is 14.8 Å². The molecule has 0 aliphatic rings. The van der Waals surface area contributed by atoms with E-state index in [-0.39, 0.29) is 11.3 Å². The molecule has 2 rings (SSSR count). The molecule has 0 bridgehead atoms. The van der Waals surface area contributed by atoms with Gasteiger partial charge in [0.1, 0.15) is 0 Å². The Balaban J connectivity index is 2.58. The largest absolute Gasteiger partial charge is 0.478 e. The maximum Gasteiger partial charge on any atom is 0.337 e. The van der Waals surface area contributed by atoms with Crippen LogP contribution in [-0.2, 0) is 0 Å². The van der Waals surface area contributed by atoms with Crippen molar-refractivity contribution in [1.29, 1.82) is 0 Å². The molecule has 0 unspecified atom stereocenters. The van der Waals surface area contributed by atoms with Crippen LogP contribution in [0.2, 0.25) is 0 Å². The van der Waals surface area contributed by atoms with Gasteiger partial charge in [0.2, 0.25) is 0 Å². The van der Waals surface area contributed by atoms with Gasteiger partial charge in [-0.05, 0) is 23.8 Å². The number of rotatable bonds is 5. The number of nitro groups is 1. The Morgan fingerprint density at radius 3 is 2.38 bits per heavy atom. The lowest BCUT2D eigenvalue weighted by Crippen LogP contribution is -2.04. The predicted molar refractivity (Wildman–Crippen MR) is 78.6 cm³/mol. The summed E-state index contributed by atoms with van der Waals surface area (Å²) in [5, 5.41) is 19.9. The van der Waals surface area contributed by atoms with Crippen LogP contribution >= 0.6 is 0 Å². The molecule has 0 fully saturated rings. The first-order valence-electron chi connectivity index (χ1n) is 5.97. The summed E-state index contributed by atoms with van der Waals surface area (Å²) in [6, 6.07) is 7.26. The monoisotopic (exact) mass is 284 g/mol. The van der Waals surface area contributed by atoms with E-state index in [0.717, 1.165) is 0 Å². The Bertz CT molecular complexity index is 742. The third-order valence-electron chi connectivity index (χ3n) is 3.01. The van der Waals surface area contributed by atoms with Crippen molar-refractivity contribution in [2.75, 3.05) is 0 Å². The molecule has 6 heteroatoms. The summed E-state index contributed by atoms with van der Waals surface area (Å²) in [5.74, 6) is -1.08. The number of aromatic carboxylic acids is 1. The first-order chi connectivity index (χ1) is 9.95. The van der Waals surface area contributed by atoms with Crippen LogP contribution in [0.3, 0.4) is 0 Å². The van der Waals surface area contributed by atoms with Gasteiger partial charge in [-0.1, -0.05) is 19.2 Å².